The molecule has 2 amide bonds. The lowest BCUT2D eigenvalue weighted by Gasteiger charge is -2.24. The number of carboxylic acids is 2. The molecular formula is C22H20N2O8-2. The number of rotatable bonds is 10. The Labute approximate surface area is 183 Å². The third-order valence-electron chi connectivity index (χ3n) is 4.77. The zero-order valence-electron chi connectivity index (χ0n) is 16.9. The average molecular weight is 440 g/mol. The molecule has 0 saturated heterocycles. The van der Waals surface area contributed by atoms with Gasteiger partial charge in [-0.2, -0.15) is 0 Å². The van der Waals surface area contributed by atoms with Gasteiger partial charge in [0.15, 0.2) is 11.5 Å². The summed E-state index contributed by atoms with van der Waals surface area (Å²) < 4.78 is 10.6. The molecule has 2 aromatic rings. The smallest absolute Gasteiger partial charge is 0.251 e. The summed E-state index contributed by atoms with van der Waals surface area (Å²) in [5.41, 5.74) is 0.937. The zero-order valence-corrected chi connectivity index (χ0v) is 16.9. The number of carbonyl (C=O) groups excluding carboxylic acids is 4. The third-order valence-corrected chi connectivity index (χ3v) is 4.77. The number of aliphatic carboxylic acids is 2. The van der Waals surface area contributed by atoms with Crippen LogP contribution in [0.2, 0.25) is 0 Å². The Morgan fingerprint density at radius 3 is 2.31 bits per heavy atom. The van der Waals surface area contributed by atoms with E-state index < -0.39 is 48.7 Å². The lowest BCUT2D eigenvalue weighted by atomic mass is 10.0. The quantitative estimate of drug-likeness (QED) is 0.453. The maximum atomic E-state index is 12.9. The van der Waals surface area contributed by atoms with Crippen molar-refractivity contribution < 1.29 is 38.9 Å². The van der Waals surface area contributed by atoms with Crippen LogP contribution in [0, 0.1) is 0 Å². The van der Waals surface area contributed by atoms with Crippen LogP contribution in [-0.4, -0.2) is 42.6 Å². The predicted molar refractivity (Wildman–Crippen MR) is 105 cm³/mol. The highest BCUT2D eigenvalue weighted by atomic mass is 16.7. The average Bonchev–Trinajstić information content (AvgIpc) is 3.24. The van der Waals surface area contributed by atoms with Crippen molar-refractivity contribution in [2.45, 2.75) is 31.3 Å². The summed E-state index contributed by atoms with van der Waals surface area (Å²) in [5, 5.41) is 26.8. The van der Waals surface area contributed by atoms with E-state index in [1.165, 1.54) is 0 Å². The van der Waals surface area contributed by atoms with Gasteiger partial charge in [-0.1, -0.05) is 24.3 Å². The van der Waals surface area contributed by atoms with Crippen molar-refractivity contribution in [2.24, 2.45) is 0 Å². The maximum absolute atomic E-state index is 12.9. The molecule has 1 aliphatic rings. The summed E-state index contributed by atoms with van der Waals surface area (Å²) in [6.45, 7) is 0.0686. The summed E-state index contributed by atoms with van der Waals surface area (Å²) in [6, 6.07) is 10.5. The molecule has 0 bridgehead atoms. The number of carbonyl (C=O) groups is 4. The first kappa shape index (κ1) is 22.6. The van der Waals surface area contributed by atoms with Gasteiger partial charge in [-0.25, -0.2) is 0 Å². The number of hydrogen-bond donors (Lipinski definition) is 2. The van der Waals surface area contributed by atoms with E-state index >= 15 is 0 Å². The van der Waals surface area contributed by atoms with Crippen molar-refractivity contribution in [1.82, 2.24) is 10.6 Å². The summed E-state index contributed by atoms with van der Waals surface area (Å²) in [6.07, 6.45) is -0.983. The number of carboxylic acid groups (broad SMARTS) is 2. The van der Waals surface area contributed by atoms with Crippen molar-refractivity contribution in [3.8, 4) is 11.5 Å². The largest absolute Gasteiger partial charge is 0.550 e. The van der Waals surface area contributed by atoms with Crippen LogP contribution in [0.5, 0.6) is 11.5 Å². The van der Waals surface area contributed by atoms with Gasteiger partial charge in [-0.15, -0.1) is 0 Å². The van der Waals surface area contributed by atoms with E-state index in [9.17, 15) is 29.4 Å². The molecule has 1 heterocycles. The Balaban J connectivity index is 1.78. The van der Waals surface area contributed by atoms with Gasteiger partial charge in [-0.05, 0) is 42.7 Å². The lowest BCUT2D eigenvalue weighted by Crippen LogP contribution is -2.55. The highest BCUT2D eigenvalue weighted by Gasteiger charge is 2.25. The summed E-state index contributed by atoms with van der Waals surface area (Å²) >= 11 is 0. The monoisotopic (exact) mass is 440 g/mol. The first-order chi connectivity index (χ1) is 15.3. The molecule has 0 aromatic heterocycles. The van der Waals surface area contributed by atoms with Crippen LogP contribution in [0.3, 0.4) is 0 Å². The molecule has 2 atom stereocenters. The molecule has 10 nitrogen and oxygen atoms in total. The molecule has 0 fully saturated rings. The minimum atomic E-state index is -1.64. The summed E-state index contributed by atoms with van der Waals surface area (Å²) in [4.78, 5) is 47.5. The maximum Gasteiger partial charge on any atom is 0.251 e. The Morgan fingerprint density at radius 2 is 1.62 bits per heavy atom. The normalized spacial score (nSPS) is 13.6. The van der Waals surface area contributed by atoms with Crippen LogP contribution in [0.15, 0.2) is 48.5 Å². The van der Waals surface area contributed by atoms with Gasteiger partial charge >= 0.3 is 0 Å². The van der Waals surface area contributed by atoms with Gasteiger partial charge in [-0.3, -0.25) is 9.59 Å². The molecule has 168 valence electrons. The Hall–Kier alpha value is -4.08. The van der Waals surface area contributed by atoms with Crippen molar-refractivity contribution in [3.63, 3.8) is 0 Å². The Bertz CT molecular complexity index is 1010. The first-order valence-corrected chi connectivity index (χ1v) is 9.79. The third kappa shape index (κ3) is 5.97. The number of amides is 2. The number of hydrogen-bond acceptors (Lipinski definition) is 8. The van der Waals surface area contributed by atoms with Gasteiger partial charge in [0.05, 0.1) is 12.0 Å². The van der Waals surface area contributed by atoms with E-state index in [0.717, 1.165) is 0 Å². The van der Waals surface area contributed by atoms with Crippen LogP contribution in [0.1, 0.15) is 28.8 Å². The van der Waals surface area contributed by atoms with Gasteiger partial charge in [0.25, 0.3) is 5.91 Å². The molecule has 0 unspecified atom stereocenters. The van der Waals surface area contributed by atoms with Crippen molar-refractivity contribution >= 4 is 23.8 Å². The molecule has 0 spiro atoms. The molecule has 2 aromatic carbocycles. The van der Waals surface area contributed by atoms with Crippen LogP contribution >= 0.6 is 0 Å². The zero-order chi connectivity index (χ0) is 23.1. The molecule has 3 rings (SSSR count). The fourth-order valence-corrected chi connectivity index (χ4v) is 3.13. The number of ether oxygens (including phenoxy) is 2. The second-order valence-electron chi connectivity index (χ2n) is 7.07. The second kappa shape index (κ2) is 10.3. The predicted octanol–water partition coefficient (Wildman–Crippen LogP) is -1.48. The number of nitrogens with one attached hydrogen (secondary N) is 2. The Kier molecular flexibility index (Phi) is 7.27. The van der Waals surface area contributed by atoms with Crippen molar-refractivity contribution in [3.05, 3.63) is 59.7 Å². The van der Waals surface area contributed by atoms with Gasteiger partial charge in [0, 0.05) is 18.0 Å². The lowest BCUT2D eigenvalue weighted by molar-refractivity contribution is -0.310. The van der Waals surface area contributed by atoms with E-state index in [2.05, 4.69) is 10.6 Å². The molecule has 1 aliphatic heterocycles. The Morgan fingerprint density at radius 1 is 0.906 bits per heavy atom. The van der Waals surface area contributed by atoms with Crippen molar-refractivity contribution in [1.29, 1.82) is 0 Å². The molecule has 2 N–H and O–H groups in total. The highest BCUT2D eigenvalue weighted by Crippen LogP contribution is 2.32. The fraction of sp³-hybridized carbons (Fsp3) is 0.273. The highest BCUT2D eigenvalue weighted by molar-refractivity contribution is 5.98. The minimum Gasteiger partial charge on any atom is -0.550 e. The minimum absolute atomic E-state index is 0.0152. The van der Waals surface area contributed by atoms with Gasteiger partial charge in [0.1, 0.15) is 6.04 Å². The molecular weight excluding hydrogens is 420 g/mol. The number of benzene rings is 2. The molecule has 10 heteroatoms. The standard InChI is InChI=1S/C22H22N2O8/c25-19(26)9-7-15(22(29)30)23-21(28)16(24-20(27)14-4-2-1-3-5-14)10-13-6-8-17-18(11-13)32-12-31-17/h1-6,8,11,15-16H,7,9-10,12H2,(H,23,28)(H,24,27)(H,25,26)(H,29,30)/p-2/t15-,16-/m1/s1. The molecule has 0 saturated carbocycles. The topological polar surface area (TPSA) is 157 Å². The first-order valence-electron chi connectivity index (χ1n) is 9.79. The molecule has 32 heavy (non-hydrogen) atoms. The fourth-order valence-electron chi connectivity index (χ4n) is 3.13. The molecule has 0 radical (unpaired) electrons. The van der Waals surface area contributed by atoms with Gasteiger partial charge in [0.2, 0.25) is 12.7 Å². The summed E-state index contributed by atoms with van der Waals surface area (Å²) in [7, 11) is 0. The number of fused-ring (bicyclic) bond motifs is 1. The van der Waals surface area contributed by atoms with E-state index in [4.69, 9.17) is 9.47 Å². The van der Waals surface area contributed by atoms with Crippen LogP contribution in [-0.2, 0) is 20.8 Å². The van der Waals surface area contributed by atoms with Crippen LogP contribution < -0.4 is 30.3 Å². The summed E-state index contributed by atoms with van der Waals surface area (Å²) in [5.74, 6) is -3.42. The van der Waals surface area contributed by atoms with Gasteiger partial charge < -0.3 is 39.9 Å². The van der Waals surface area contributed by atoms with Crippen LogP contribution in [0.4, 0.5) is 0 Å². The SMILES string of the molecule is O=C([O-])CC[C@@H](NC(=O)[C@@H](Cc1ccc2c(c1)OCO2)NC(=O)c1ccccc1)C(=O)[O-]. The van der Waals surface area contributed by atoms with Crippen LogP contribution in [0.25, 0.3) is 0 Å². The van der Waals surface area contributed by atoms with E-state index in [-0.39, 0.29) is 13.2 Å². The van der Waals surface area contributed by atoms with Crippen molar-refractivity contribution in [2.75, 3.05) is 6.79 Å². The second-order valence-corrected chi connectivity index (χ2v) is 7.07. The van der Waals surface area contributed by atoms with E-state index in [1.807, 2.05) is 0 Å². The van der Waals surface area contributed by atoms with E-state index in [0.29, 0.717) is 22.6 Å². The molecule has 0 aliphatic carbocycles. The van der Waals surface area contributed by atoms with E-state index in [1.54, 1.807) is 48.5 Å².